The molecule has 0 spiro atoms. The first-order chi connectivity index (χ1) is 10.4. The predicted molar refractivity (Wildman–Crippen MR) is 81.8 cm³/mol. The molecule has 9 nitrogen and oxygen atoms in total. The van der Waals surface area contributed by atoms with Crippen molar-refractivity contribution in [3.05, 3.63) is 0 Å². The Labute approximate surface area is 129 Å². The topological polar surface area (TPSA) is 149 Å². The Balaban J connectivity index is 2.03. The molecule has 1 saturated heterocycles. The van der Waals surface area contributed by atoms with E-state index >= 15 is 0 Å². The smallest absolute Gasteiger partial charge is 0.241 e. The van der Waals surface area contributed by atoms with E-state index in [1.165, 1.54) is 0 Å². The number of rotatable bonds is 7. The Morgan fingerprint density at radius 2 is 2.18 bits per heavy atom. The molecular formula is C13H25N7O2. The Hall–Kier alpha value is -1.87. The lowest BCUT2D eigenvalue weighted by molar-refractivity contribution is -0.138. The van der Waals surface area contributed by atoms with E-state index in [0.717, 1.165) is 12.8 Å². The van der Waals surface area contributed by atoms with Gasteiger partial charge in [0.25, 0.3) is 0 Å². The third-order valence-corrected chi connectivity index (χ3v) is 4.43. The summed E-state index contributed by atoms with van der Waals surface area (Å²) in [6, 6.07) is -0.954. The fourth-order valence-electron chi connectivity index (χ4n) is 3.02. The van der Waals surface area contributed by atoms with E-state index in [4.69, 9.17) is 16.9 Å². The average molecular weight is 311 g/mol. The zero-order chi connectivity index (χ0) is 16.3. The first-order valence-electron chi connectivity index (χ1n) is 7.53. The molecule has 124 valence electrons. The number of nitrogens with zero attached hydrogens (tertiary/aromatic N) is 1. The number of amides is 2. The second-order valence-electron chi connectivity index (χ2n) is 5.90. The number of carbonyl (C=O) groups excluding carboxylic acids is 2. The Bertz CT molecular complexity index is 463. The van der Waals surface area contributed by atoms with Gasteiger partial charge in [0, 0.05) is 13.1 Å². The van der Waals surface area contributed by atoms with E-state index < -0.39 is 11.9 Å². The molecule has 2 fully saturated rings. The third kappa shape index (κ3) is 3.47. The molecule has 0 bridgehead atoms. The molecule has 0 unspecified atom stereocenters. The standard InChI is InChI=1S/C13H25N7O2/c1-17-13(4-5-13)20-7-8(10(14)21)19-11(22)9(20)3-2-6-18-12(15)16/h8-9,17H,2-7H2,1H3,(H2,14,21)(H,19,22)(H4,15,16,18)/t8-,9+/m1/s1. The first kappa shape index (κ1) is 16.5. The van der Waals surface area contributed by atoms with Gasteiger partial charge in [-0.25, -0.2) is 0 Å². The number of carbonyl (C=O) groups is 2. The van der Waals surface area contributed by atoms with Crippen LogP contribution in [0.3, 0.4) is 0 Å². The highest BCUT2D eigenvalue weighted by atomic mass is 16.2. The Morgan fingerprint density at radius 1 is 1.50 bits per heavy atom. The molecular weight excluding hydrogens is 286 g/mol. The van der Waals surface area contributed by atoms with Gasteiger partial charge >= 0.3 is 0 Å². The van der Waals surface area contributed by atoms with Crippen molar-refractivity contribution in [3.8, 4) is 0 Å². The largest absolute Gasteiger partial charge is 0.370 e. The summed E-state index contributed by atoms with van der Waals surface area (Å²) in [5.74, 6) is -0.756. The maximum absolute atomic E-state index is 12.4. The molecule has 2 atom stereocenters. The first-order valence-corrected chi connectivity index (χ1v) is 7.53. The molecule has 9 heteroatoms. The van der Waals surface area contributed by atoms with Crippen molar-refractivity contribution in [3.63, 3.8) is 0 Å². The molecule has 1 saturated carbocycles. The molecule has 8 N–H and O–H groups in total. The quantitative estimate of drug-likeness (QED) is 0.175. The summed E-state index contributed by atoms with van der Waals surface area (Å²) in [7, 11) is 1.87. The summed E-state index contributed by atoms with van der Waals surface area (Å²) in [4.78, 5) is 25.9. The van der Waals surface area contributed by atoms with Crippen molar-refractivity contribution in [2.45, 2.75) is 43.4 Å². The van der Waals surface area contributed by atoms with Crippen molar-refractivity contribution in [2.75, 3.05) is 20.1 Å². The zero-order valence-corrected chi connectivity index (χ0v) is 12.8. The highest BCUT2D eigenvalue weighted by Crippen LogP contribution is 2.41. The third-order valence-electron chi connectivity index (χ3n) is 4.43. The number of primary amides is 1. The monoisotopic (exact) mass is 311 g/mol. The normalized spacial score (nSPS) is 27.0. The minimum Gasteiger partial charge on any atom is -0.370 e. The number of hydrogen-bond donors (Lipinski definition) is 6. The van der Waals surface area contributed by atoms with Crippen LogP contribution >= 0.6 is 0 Å². The van der Waals surface area contributed by atoms with E-state index in [-0.39, 0.29) is 23.6 Å². The van der Waals surface area contributed by atoms with Gasteiger partial charge in [0.2, 0.25) is 11.8 Å². The highest BCUT2D eigenvalue weighted by Gasteiger charge is 2.53. The van der Waals surface area contributed by atoms with Crippen LogP contribution in [-0.2, 0) is 9.59 Å². The Kier molecular flexibility index (Phi) is 4.87. The number of guanidine groups is 1. The molecule has 1 heterocycles. The van der Waals surface area contributed by atoms with Gasteiger partial charge < -0.3 is 27.4 Å². The lowest BCUT2D eigenvalue weighted by Crippen LogP contribution is -2.68. The molecule has 0 radical (unpaired) electrons. The van der Waals surface area contributed by atoms with Crippen LogP contribution in [0.2, 0.25) is 0 Å². The molecule has 2 aliphatic rings. The van der Waals surface area contributed by atoms with Crippen molar-refractivity contribution in [1.29, 1.82) is 5.41 Å². The van der Waals surface area contributed by atoms with E-state index in [1.807, 2.05) is 7.05 Å². The van der Waals surface area contributed by atoms with E-state index in [1.54, 1.807) is 0 Å². The maximum atomic E-state index is 12.4. The summed E-state index contributed by atoms with van der Waals surface area (Å²) in [5, 5.41) is 15.8. The van der Waals surface area contributed by atoms with Gasteiger partial charge in [0.15, 0.2) is 5.96 Å². The van der Waals surface area contributed by atoms with Crippen LogP contribution in [-0.4, -0.2) is 60.6 Å². The number of nitrogens with one attached hydrogen (secondary N) is 4. The lowest BCUT2D eigenvalue weighted by atomic mass is 10.0. The second-order valence-corrected chi connectivity index (χ2v) is 5.90. The van der Waals surface area contributed by atoms with Crippen LogP contribution in [0.15, 0.2) is 0 Å². The van der Waals surface area contributed by atoms with Gasteiger partial charge in [-0.1, -0.05) is 0 Å². The fraction of sp³-hybridized carbons (Fsp3) is 0.769. The molecule has 2 rings (SSSR count). The molecule has 0 aromatic heterocycles. The maximum Gasteiger partial charge on any atom is 0.241 e. The van der Waals surface area contributed by atoms with Gasteiger partial charge in [-0.15, -0.1) is 0 Å². The molecule has 22 heavy (non-hydrogen) atoms. The number of nitrogens with two attached hydrogens (primary N) is 2. The molecule has 1 aliphatic carbocycles. The summed E-state index contributed by atoms with van der Waals surface area (Å²) in [5.41, 5.74) is 10.4. The zero-order valence-electron chi connectivity index (χ0n) is 12.8. The summed E-state index contributed by atoms with van der Waals surface area (Å²) in [6.45, 7) is 0.964. The van der Waals surface area contributed by atoms with Gasteiger partial charge in [-0.3, -0.25) is 19.9 Å². The van der Waals surface area contributed by atoms with Crippen LogP contribution in [0.1, 0.15) is 25.7 Å². The van der Waals surface area contributed by atoms with Crippen molar-refractivity contribution in [1.82, 2.24) is 20.9 Å². The van der Waals surface area contributed by atoms with Crippen molar-refractivity contribution in [2.24, 2.45) is 11.5 Å². The van der Waals surface area contributed by atoms with Crippen LogP contribution in [0, 0.1) is 5.41 Å². The Morgan fingerprint density at radius 3 is 2.68 bits per heavy atom. The van der Waals surface area contributed by atoms with Gasteiger partial charge in [-0.2, -0.15) is 0 Å². The number of hydrogen-bond acceptors (Lipinski definition) is 5. The fourth-order valence-corrected chi connectivity index (χ4v) is 3.02. The van der Waals surface area contributed by atoms with Crippen LogP contribution in [0.5, 0.6) is 0 Å². The molecule has 0 aromatic carbocycles. The minimum atomic E-state index is -0.648. The van der Waals surface area contributed by atoms with Gasteiger partial charge in [0.05, 0.1) is 11.7 Å². The van der Waals surface area contributed by atoms with Gasteiger partial charge in [0.1, 0.15) is 6.04 Å². The number of piperazine rings is 1. The van der Waals surface area contributed by atoms with Crippen LogP contribution in [0.25, 0.3) is 0 Å². The highest BCUT2D eigenvalue weighted by molar-refractivity contribution is 5.90. The van der Waals surface area contributed by atoms with Crippen molar-refractivity contribution >= 4 is 17.8 Å². The molecule has 0 aromatic rings. The van der Waals surface area contributed by atoms with Crippen LogP contribution in [0.4, 0.5) is 0 Å². The molecule has 2 amide bonds. The van der Waals surface area contributed by atoms with Crippen LogP contribution < -0.4 is 27.4 Å². The summed E-state index contributed by atoms with van der Waals surface area (Å²) >= 11 is 0. The van der Waals surface area contributed by atoms with E-state index in [9.17, 15) is 9.59 Å². The van der Waals surface area contributed by atoms with Crippen molar-refractivity contribution < 1.29 is 9.59 Å². The second kappa shape index (κ2) is 6.49. The minimum absolute atomic E-state index is 0.0763. The van der Waals surface area contributed by atoms with Gasteiger partial charge in [-0.05, 0) is 32.7 Å². The molecule has 1 aliphatic heterocycles. The van der Waals surface area contributed by atoms with E-state index in [2.05, 4.69) is 20.9 Å². The van der Waals surface area contributed by atoms with E-state index in [0.29, 0.717) is 25.9 Å². The predicted octanol–water partition coefficient (Wildman–Crippen LogP) is -2.39. The SMILES string of the molecule is CNC1(N2C[C@H](C(N)=O)NC(=O)[C@@H]2CCCNC(=N)N)CC1. The lowest BCUT2D eigenvalue weighted by Gasteiger charge is -2.43. The summed E-state index contributed by atoms with van der Waals surface area (Å²) < 4.78 is 0. The summed E-state index contributed by atoms with van der Waals surface area (Å²) in [6.07, 6.45) is 3.23. The average Bonchev–Trinajstić information content (AvgIpc) is 3.24.